The van der Waals surface area contributed by atoms with E-state index in [9.17, 15) is 4.79 Å². The van der Waals surface area contributed by atoms with E-state index in [1.165, 1.54) is 19.3 Å². The summed E-state index contributed by atoms with van der Waals surface area (Å²) in [5.74, 6) is 1.82. The fourth-order valence-electron chi connectivity index (χ4n) is 3.30. The van der Waals surface area contributed by atoms with Crippen LogP contribution < -0.4 is 0 Å². The standard InChI is InChI=1S/C17H23N3O2S/c1-12-5-3-4-6-14(12)20(2)16(21)8-7-15-18-19-17(22-15)13-9-10-23-11-13/h9-12,14H,3-8H2,1-2H3/t12-,14+/m1/s1. The lowest BCUT2D eigenvalue weighted by molar-refractivity contribution is -0.133. The zero-order chi connectivity index (χ0) is 16.2. The Bertz CT molecular complexity index is 638. The van der Waals surface area contributed by atoms with E-state index in [4.69, 9.17) is 4.42 Å². The summed E-state index contributed by atoms with van der Waals surface area (Å²) in [6, 6.07) is 2.33. The van der Waals surface area contributed by atoms with Crippen LogP contribution in [0.4, 0.5) is 0 Å². The molecule has 0 aromatic carbocycles. The number of rotatable bonds is 5. The summed E-state index contributed by atoms with van der Waals surface area (Å²) in [5, 5.41) is 12.0. The first-order valence-electron chi connectivity index (χ1n) is 8.25. The summed E-state index contributed by atoms with van der Waals surface area (Å²) in [6.07, 6.45) is 5.77. The predicted octanol–water partition coefficient (Wildman–Crippen LogP) is 3.77. The van der Waals surface area contributed by atoms with Gasteiger partial charge in [-0.15, -0.1) is 10.2 Å². The summed E-state index contributed by atoms with van der Waals surface area (Å²) in [6.45, 7) is 2.25. The van der Waals surface area contributed by atoms with Crippen molar-refractivity contribution in [1.29, 1.82) is 0 Å². The Balaban J connectivity index is 1.54. The molecule has 1 fully saturated rings. The van der Waals surface area contributed by atoms with Gasteiger partial charge in [-0.2, -0.15) is 11.3 Å². The fraction of sp³-hybridized carbons (Fsp3) is 0.588. The molecule has 1 amide bonds. The number of carbonyl (C=O) groups excluding carboxylic acids is 1. The second-order valence-electron chi connectivity index (χ2n) is 6.35. The van der Waals surface area contributed by atoms with E-state index in [0.29, 0.717) is 36.6 Å². The van der Waals surface area contributed by atoms with Gasteiger partial charge in [0.15, 0.2) is 0 Å². The number of aromatic nitrogens is 2. The van der Waals surface area contributed by atoms with Crippen LogP contribution in [-0.2, 0) is 11.2 Å². The van der Waals surface area contributed by atoms with Crippen LogP contribution in [0.2, 0.25) is 0 Å². The molecular formula is C17H23N3O2S. The fourth-order valence-corrected chi connectivity index (χ4v) is 3.93. The van der Waals surface area contributed by atoms with Crippen LogP contribution in [0, 0.1) is 5.92 Å². The SMILES string of the molecule is C[C@@H]1CCCC[C@@H]1N(C)C(=O)CCc1nnc(-c2ccsc2)o1. The van der Waals surface area contributed by atoms with Gasteiger partial charge in [0.05, 0.1) is 0 Å². The molecular weight excluding hydrogens is 310 g/mol. The Labute approximate surface area is 140 Å². The van der Waals surface area contributed by atoms with Crippen LogP contribution in [0.25, 0.3) is 11.5 Å². The molecule has 0 bridgehead atoms. The molecule has 1 aliphatic rings. The Kier molecular flexibility index (Phi) is 5.10. The van der Waals surface area contributed by atoms with E-state index in [2.05, 4.69) is 17.1 Å². The van der Waals surface area contributed by atoms with Crippen LogP contribution in [-0.4, -0.2) is 34.1 Å². The average molecular weight is 333 g/mol. The third-order valence-electron chi connectivity index (χ3n) is 4.74. The van der Waals surface area contributed by atoms with Crippen molar-refractivity contribution in [3.63, 3.8) is 0 Å². The van der Waals surface area contributed by atoms with E-state index < -0.39 is 0 Å². The number of carbonyl (C=O) groups is 1. The lowest BCUT2D eigenvalue weighted by atomic mass is 9.85. The minimum absolute atomic E-state index is 0.166. The highest BCUT2D eigenvalue weighted by atomic mass is 32.1. The zero-order valence-electron chi connectivity index (χ0n) is 13.7. The molecule has 0 aliphatic heterocycles. The summed E-state index contributed by atoms with van der Waals surface area (Å²) >= 11 is 1.59. The van der Waals surface area contributed by atoms with Gasteiger partial charge in [-0.05, 0) is 30.2 Å². The maximum Gasteiger partial charge on any atom is 0.248 e. The van der Waals surface area contributed by atoms with Crippen LogP contribution in [0.5, 0.6) is 0 Å². The molecule has 2 aromatic rings. The Morgan fingerprint density at radius 3 is 2.96 bits per heavy atom. The van der Waals surface area contributed by atoms with Crippen molar-refractivity contribution >= 4 is 17.2 Å². The van der Waals surface area contributed by atoms with Gasteiger partial charge < -0.3 is 9.32 Å². The van der Waals surface area contributed by atoms with Gasteiger partial charge in [0.25, 0.3) is 0 Å². The van der Waals surface area contributed by atoms with Crippen molar-refractivity contribution < 1.29 is 9.21 Å². The van der Waals surface area contributed by atoms with Crippen LogP contribution in [0.3, 0.4) is 0 Å². The van der Waals surface area contributed by atoms with Gasteiger partial charge in [-0.1, -0.05) is 19.8 Å². The summed E-state index contributed by atoms with van der Waals surface area (Å²) in [7, 11) is 1.93. The number of hydrogen-bond donors (Lipinski definition) is 0. The van der Waals surface area contributed by atoms with Gasteiger partial charge in [-0.25, -0.2) is 0 Å². The van der Waals surface area contributed by atoms with E-state index in [1.807, 2.05) is 28.8 Å². The zero-order valence-corrected chi connectivity index (χ0v) is 14.5. The number of aryl methyl sites for hydroxylation is 1. The lowest BCUT2D eigenvalue weighted by Gasteiger charge is -2.36. The van der Waals surface area contributed by atoms with E-state index in [-0.39, 0.29) is 5.91 Å². The maximum atomic E-state index is 12.4. The molecule has 2 aromatic heterocycles. The molecule has 0 N–H and O–H groups in total. The third-order valence-corrected chi connectivity index (χ3v) is 5.43. The molecule has 0 radical (unpaired) electrons. The molecule has 5 nitrogen and oxygen atoms in total. The first-order valence-corrected chi connectivity index (χ1v) is 9.20. The van der Waals surface area contributed by atoms with Crippen molar-refractivity contribution in [2.45, 2.75) is 51.5 Å². The van der Waals surface area contributed by atoms with Gasteiger partial charge in [-0.3, -0.25) is 4.79 Å². The second kappa shape index (κ2) is 7.25. The largest absolute Gasteiger partial charge is 0.421 e. The van der Waals surface area contributed by atoms with E-state index in [1.54, 1.807) is 11.3 Å². The monoisotopic (exact) mass is 333 g/mol. The summed E-state index contributed by atoms with van der Waals surface area (Å²) < 4.78 is 5.64. The molecule has 1 aliphatic carbocycles. The molecule has 23 heavy (non-hydrogen) atoms. The van der Waals surface area contributed by atoms with E-state index >= 15 is 0 Å². The first kappa shape index (κ1) is 16.2. The molecule has 0 unspecified atom stereocenters. The summed E-state index contributed by atoms with van der Waals surface area (Å²) in [5.41, 5.74) is 0.938. The average Bonchev–Trinajstić information content (AvgIpc) is 3.23. The van der Waals surface area contributed by atoms with Crippen molar-refractivity contribution in [2.75, 3.05) is 7.05 Å². The normalized spacial score (nSPS) is 21.3. The smallest absolute Gasteiger partial charge is 0.248 e. The minimum atomic E-state index is 0.166. The highest BCUT2D eigenvalue weighted by molar-refractivity contribution is 7.08. The van der Waals surface area contributed by atoms with Gasteiger partial charge in [0.1, 0.15) is 0 Å². The van der Waals surface area contributed by atoms with Gasteiger partial charge in [0.2, 0.25) is 17.7 Å². The van der Waals surface area contributed by atoms with Gasteiger partial charge in [0, 0.05) is 36.9 Å². The van der Waals surface area contributed by atoms with Crippen LogP contribution in [0.15, 0.2) is 21.2 Å². The molecule has 124 valence electrons. The number of hydrogen-bond acceptors (Lipinski definition) is 5. The highest BCUT2D eigenvalue weighted by Gasteiger charge is 2.27. The molecule has 2 atom stereocenters. The van der Waals surface area contributed by atoms with Crippen LogP contribution >= 0.6 is 11.3 Å². The summed E-state index contributed by atoms with van der Waals surface area (Å²) in [4.78, 5) is 14.4. The molecule has 3 rings (SSSR count). The van der Waals surface area contributed by atoms with Crippen molar-refractivity contribution in [2.24, 2.45) is 5.92 Å². The Morgan fingerprint density at radius 1 is 1.39 bits per heavy atom. The minimum Gasteiger partial charge on any atom is -0.421 e. The Morgan fingerprint density at radius 2 is 2.22 bits per heavy atom. The second-order valence-corrected chi connectivity index (χ2v) is 7.13. The quantitative estimate of drug-likeness (QED) is 0.836. The predicted molar refractivity (Wildman–Crippen MR) is 90.1 cm³/mol. The number of nitrogens with zero attached hydrogens (tertiary/aromatic N) is 3. The van der Waals surface area contributed by atoms with E-state index in [0.717, 1.165) is 12.0 Å². The molecule has 2 heterocycles. The molecule has 0 spiro atoms. The molecule has 1 saturated carbocycles. The van der Waals surface area contributed by atoms with Crippen LogP contribution in [0.1, 0.15) is 44.9 Å². The maximum absolute atomic E-state index is 12.4. The topological polar surface area (TPSA) is 59.2 Å². The van der Waals surface area contributed by atoms with Crippen molar-refractivity contribution in [1.82, 2.24) is 15.1 Å². The lowest BCUT2D eigenvalue weighted by Crippen LogP contribution is -2.42. The number of amides is 1. The molecule has 0 saturated heterocycles. The first-order chi connectivity index (χ1) is 11.1. The molecule has 6 heteroatoms. The highest BCUT2D eigenvalue weighted by Crippen LogP contribution is 2.28. The van der Waals surface area contributed by atoms with Crippen molar-refractivity contribution in [3.8, 4) is 11.5 Å². The third kappa shape index (κ3) is 3.80. The Hall–Kier alpha value is -1.69. The number of thiophene rings is 1. The van der Waals surface area contributed by atoms with Crippen molar-refractivity contribution in [3.05, 3.63) is 22.7 Å². The van der Waals surface area contributed by atoms with Gasteiger partial charge >= 0.3 is 0 Å².